The molecule has 0 aliphatic rings. The summed E-state index contributed by atoms with van der Waals surface area (Å²) in [6.07, 6.45) is 0.588. The molecule has 4 heteroatoms. The van der Waals surface area contributed by atoms with Crippen LogP contribution in [-0.2, 0) is 0 Å². The fraction of sp³-hybridized carbons (Fsp3) is 0.273. The fourth-order valence-electron chi connectivity index (χ4n) is 1.26. The summed E-state index contributed by atoms with van der Waals surface area (Å²) in [5, 5.41) is 9.93. The Morgan fingerprint density at radius 3 is 2.53 bits per heavy atom. The molecule has 1 aromatic rings. The molecule has 3 nitrogen and oxygen atoms in total. The Morgan fingerprint density at radius 1 is 1.40 bits per heavy atom. The number of ether oxygens (including phenoxy) is 2. The third-order valence-corrected chi connectivity index (χ3v) is 2.45. The topological polar surface area (TPSA) is 38.7 Å². The fourth-order valence-corrected chi connectivity index (χ4v) is 1.60. The number of hydrogen-bond donors (Lipinski definition) is 1. The number of rotatable bonds is 4. The number of methoxy groups -OCH3 is 2. The van der Waals surface area contributed by atoms with E-state index >= 15 is 0 Å². The first-order chi connectivity index (χ1) is 7.15. The minimum atomic E-state index is -0.808. The van der Waals surface area contributed by atoms with E-state index in [-0.39, 0.29) is 0 Å². The second-order valence-electron chi connectivity index (χ2n) is 2.88. The van der Waals surface area contributed by atoms with Crippen LogP contribution < -0.4 is 9.47 Å². The smallest absolute Gasteiger partial charge is 0.179 e. The highest BCUT2D eigenvalue weighted by atomic mass is 35.5. The number of aliphatic hydroxyl groups excluding tert-OH is 1. The van der Waals surface area contributed by atoms with Crippen LogP contribution in [-0.4, -0.2) is 19.3 Å². The van der Waals surface area contributed by atoms with Crippen molar-refractivity contribution in [2.75, 3.05) is 14.2 Å². The van der Waals surface area contributed by atoms with Crippen LogP contribution in [0.15, 0.2) is 24.8 Å². The van der Waals surface area contributed by atoms with Crippen molar-refractivity contribution >= 4 is 11.6 Å². The molecule has 0 aliphatic heterocycles. The van der Waals surface area contributed by atoms with Gasteiger partial charge in [-0.05, 0) is 6.07 Å². The standard InChI is InChI=1S/C11H13ClO3/c1-4-8(13)7-5-6-9(14-2)11(15-3)10(7)12/h4-6,8,13H,1H2,2-3H3. The molecular weight excluding hydrogens is 216 g/mol. The van der Waals surface area contributed by atoms with Crippen molar-refractivity contribution in [2.24, 2.45) is 0 Å². The molecular formula is C11H13ClO3. The van der Waals surface area contributed by atoms with Crippen LogP contribution in [0.4, 0.5) is 0 Å². The quantitative estimate of drug-likeness (QED) is 0.805. The molecule has 1 rings (SSSR count). The van der Waals surface area contributed by atoms with Gasteiger partial charge in [-0.1, -0.05) is 23.7 Å². The van der Waals surface area contributed by atoms with E-state index in [2.05, 4.69) is 6.58 Å². The molecule has 0 bridgehead atoms. The molecule has 1 N–H and O–H groups in total. The summed E-state index contributed by atoms with van der Waals surface area (Å²) in [4.78, 5) is 0. The molecule has 1 atom stereocenters. The van der Waals surface area contributed by atoms with Gasteiger partial charge in [0.15, 0.2) is 11.5 Å². The molecule has 82 valence electrons. The van der Waals surface area contributed by atoms with Gasteiger partial charge in [0.05, 0.1) is 25.3 Å². The zero-order valence-corrected chi connectivity index (χ0v) is 9.41. The van der Waals surface area contributed by atoms with Crippen molar-refractivity contribution in [3.63, 3.8) is 0 Å². The Hall–Kier alpha value is -1.19. The first-order valence-electron chi connectivity index (χ1n) is 4.36. The van der Waals surface area contributed by atoms with Crippen LogP contribution >= 0.6 is 11.6 Å². The molecule has 0 aliphatic carbocycles. The number of aliphatic hydroxyl groups is 1. The number of halogens is 1. The highest BCUT2D eigenvalue weighted by Gasteiger charge is 2.16. The minimum Gasteiger partial charge on any atom is -0.493 e. The Kier molecular flexibility index (Phi) is 4.00. The molecule has 0 saturated carbocycles. The summed E-state index contributed by atoms with van der Waals surface area (Å²) in [5.74, 6) is 0.945. The predicted octanol–water partition coefficient (Wildman–Crippen LogP) is 2.58. The van der Waals surface area contributed by atoms with Crippen LogP contribution in [0.25, 0.3) is 0 Å². The van der Waals surface area contributed by atoms with Gasteiger partial charge in [0.2, 0.25) is 0 Å². The molecule has 0 spiro atoms. The van der Waals surface area contributed by atoms with E-state index in [4.69, 9.17) is 21.1 Å². The average Bonchev–Trinajstić information content (AvgIpc) is 2.27. The summed E-state index contributed by atoms with van der Waals surface area (Å²) in [5.41, 5.74) is 0.546. The van der Waals surface area contributed by atoms with Crippen LogP contribution in [0.5, 0.6) is 11.5 Å². The second kappa shape index (κ2) is 5.05. The first-order valence-corrected chi connectivity index (χ1v) is 4.74. The lowest BCUT2D eigenvalue weighted by Crippen LogP contribution is -1.98. The molecule has 0 saturated heterocycles. The highest BCUT2D eigenvalue weighted by molar-refractivity contribution is 6.33. The Labute approximate surface area is 93.9 Å². The van der Waals surface area contributed by atoms with Gasteiger partial charge in [0.25, 0.3) is 0 Å². The van der Waals surface area contributed by atoms with Crippen molar-refractivity contribution in [3.05, 3.63) is 35.4 Å². The normalized spacial score (nSPS) is 12.0. The molecule has 0 heterocycles. The molecule has 0 aromatic heterocycles. The molecule has 15 heavy (non-hydrogen) atoms. The summed E-state index contributed by atoms with van der Waals surface area (Å²) in [7, 11) is 3.02. The van der Waals surface area contributed by atoms with Gasteiger partial charge >= 0.3 is 0 Å². The van der Waals surface area contributed by atoms with Crippen LogP contribution in [0.3, 0.4) is 0 Å². The van der Waals surface area contributed by atoms with Crippen molar-refractivity contribution < 1.29 is 14.6 Å². The van der Waals surface area contributed by atoms with Gasteiger partial charge in [-0.25, -0.2) is 0 Å². The minimum absolute atomic E-state index is 0.337. The predicted molar refractivity (Wildman–Crippen MR) is 59.7 cm³/mol. The van der Waals surface area contributed by atoms with E-state index in [9.17, 15) is 5.11 Å². The first kappa shape index (κ1) is 11.9. The maximum Gasteiger partial charge on any atom is 0.179 e. The van der Waals surface area contributed by atoms with E-state index < -0.39 is 6.10 Å². The van der Waals surface area contributed by atoms with E-state index in [0.29, 0.717) is 22.1 Å². The van der Waals surface area contributed by atoms with Crippen molar-refractivity contribution in [3.8, 4) is 11.5 Å². The van der Waals surface area contributed by atoms with E-state index in [1.807, 2.05) is 0 Å². The Morgan fingerprint density at radius 2 is 2.07 bits per heavy atom. The summed E-state index contributed by atoms with van der Waals surface area (Å²) >= 11 is 6.05. The molecule has 0 radical (unpaired) electrons. The maximum absolute atomic E-state index is 9.59. The second-order valence-corrected chi connectivity index (χ2v) is 3.26. The van der Waals surface area contributed by atoms with Gasteiger partial charge in [-0.2, -0.15) is 0 Å². The maximum atomic E-state index is 9.59. The van der Waals surface area contributed by atoms with Crippen molar-refractivity contribution in [1.82, 2.24) is 0 Å². The third kappa shape index (κ3) is 2.25. The van der Waals surface area contributed by atoms with Gasteiger partial charge in [-0.15, -0.1) is 6.58 Å². The molecule has 1 unspecified atom stereocenters. The van der Waals surface area contributed by atoms with E-state index in [1.165, 1.54) is 20.3 Å². The molecule has 0 fully saturated rings. The molecule has 1 aromatic carbocycles. The Balaban J connectivity index is 3.28. The van der Waals surface area contributed by atoms with Gasteiger partial charge in [0.1, 0.15) is 0 Å². The summed E-state index contributed by atoms with van der Waals surface area (Å²) in [6, 6.07) is 3.36. The zero-order valence-electron chi connectivity index (χ0n) is 8.66. The monoisotopic (exact) mass is 228 g/mol. The lowest BCUT2D eigenvalue weighted by atomic mass is 10.1. The van der Waals surface area contributed by atoms with Crippen LogP contribution in [0.1, 0.15) is 11.7 Å². The van der Waals surface area contributed by atoms with Crippen molar-refractivity contribution in [1.29, 1.82) is 0 Å². The average molecular weight is 229 g/mol. The van der Waals surface area contributed by atoms with Gasteiger partial charge in [0, 0.05) is 5.56 Å². The Bertz CT molecular complexity index is 363. The number of benzene rings is 1. The summed E-state index contributed by atoms with van der Waals surface area (Å²) < 4.78 is 10.2. The van der Waals surface area contributed by atoms with E-state index in [1.54, 1.807) is 12.1 Å². The highest BCUT2D eigenvalue weighted by Crippen LogP contribution is 2.39. The SMILES string of the molecule is C=CC(O)c1ccc(OC)c(OC)c1Cl. The summed E-state index contributed by atoms with van der Waals surface area (Å²) in [6.45, 7) is 3.50. The molecule has 0 amide bonds. The van der Waals surface area contributed by atoms with Gasteiger partial charge < -0.3 is 14.6 Å². The largest absolute Gasteiger partial charge is 0.493 e. The van der Waals surface area contributed by atoms with Crippen LogP contribution in [0, 0.1) is 0 Å². The van der Waals surface area contributed by atoms with Gasteiger partial charge in [-0.3, -0.25) is 0 Å². The van der Waals surface area contributed by atoms with Crippen molar-refractivity contribution in [2.45, 2.75) is 6.10 Å². The third-order valence-electron chi connectivity index (χ3n) is 2.06. The number of hydrogen-bond acceptors (Lipinski definition) is 3. The zero-order chi connectivity index (χ0) is 11.4. The lowest BCUT2D eigenvalue weighted by molar-refractivity contribution is 0.228. The van der Waals surface area contributed by atoms with E-state index in [0.717, 1.165) is 0 Å². The lowest BCUT2D eigenvalue weighted by Gasteiger charge is -2.14. The van der Waals surface area contributed by atoms with Crippen LogP contribution in [0.2, 0.25) is 5.02 Å².